The molecule has 23 heavy (non-hydrogen) atoms. The molecule has 1 aliphatic rings. The number of phenols is 1. The number of aromatic hydroxyl groups is 1. The third-order valence-corrected chi connectivity index (χ3v) is 4.72. The van der Waals surface area contributed by atoms with Gasteiger partial charge in [-0.2, -0.15) is 5.10 Å². The number of hydrazine groups is 1. The van der Waals surface area contributed by atoms with Crippen LogP contribution in [0.5, 0.6) is 5.75 Å². The van der Waals surface area contributed by atoms with Crippen LogP contribution in [0.3, 0.4) is 0 Å². The molecule has 2 atom stereocenters. The fourth-order valence-corrected chi connectivity index (χ4v) is 3.25. The van der Waals surface area contributed by atoms with Gasteiger partial charge in [-0.05, 0) is 36.9 Å². The van der Waals surface area contributed by atoms with Crippen molar-refractivity contribution in [1.82, 2.24) is 16.3 Å². The molecule has 0 radical (unpaired) electrons. The lowest BCUT2D eigenvalue weighted by atomic mass is 10.1. The summed E-state index contributed by atoms with van der Waals surface area (Å²) in [5.41, 5.74) is 9.83. The molecule has 0 aliphatic carbocycles. The van der Waals surface area contributed by atoms with Crippen molar-refractivity contribution in [3.63, 3.8) is 0 Å². The summed E-state index contributed by atoms with van der Waals surface area (Å²) in [5, 5.41) is 15.9. The first-order chi connectivity index (χ1) is 11.1. The van der Waals surface area contributed by atoms with Crippen LogP contribution in [0.4, 0.5) is 0 Å². The topological polar surface area (TPSA) is 85.8 Å². The number of nitrogens with one attached hydrogen (secondary N) is 3. The maximum atomic E-state index is 12.2. The normalized spacial score (nSPS) is 21.3. The van der Waals surface area contributed by atoms with Gasteiger partial charge < -0.3 is 5.11 Å². The van der Waals surface area contributed by atoms with Crippen LogP contribution in [-0.4, -0.2) is 22.8 Å². The van der Waals surface area contributed by atoms with Gasteiger partial charge in [-0.1, -0.05) is 18.2 Å². The lowest BCUT2D eigenvalue weighted by Gasteiger charge is -2.08. The number of hydrogen-bond donors (Lipinski definition) is 4. The van der Waals surface area contributed by atoms with Crippen LogP contribution in [0.25, 0.3) is 0 Å². The van der Waals surface area contributed by atoms with Crippen LogP contribution < -0.4 is 16.3 Å². The van der Waals surface area contributed by atoms with Crippen LogP contribution in [-0.2, 0) is 4.79 Å². The van der Waals surface area contributed by atoms with Gasteiger partial charge in [-0.15, -0.1) is 11.3 Å². The summed E-state index contributed by atoms with van der Waals surface area (Å²) in [6.45, 7) is 1.74. The van der Waals surface area contributed by atoms with Crippen LogP contribution in [0.15, 0.2) is 46.9 Å². The van der Waals surface area contributed by atoms with Gasteiger partial charge >= 0.3 is 0 Å². The Labute approximate surface area is 138 Å². The predicted octanol–water partition coefficient (Wildman–Crippen LogP) is 1.90. The molecular formula is C16H18N4O2S. The number of phenolic OH excluding ortho intramolecular Hbond substituents is 1. The van der Waals surface area contributed by atoms with E-state index in [2.05, 4.69) is 21.4 Å². The van der Waals surface area contributed by atoms with Gasteiger partial charge in [0.15, 0.2) is 0 Å². The van der Waals surface area contributed by atoms with E-state index in [1.807, 2.05) is 23.6 Å². The highest BCUT2D eigenvalue weighted by atomic mass is 32.1. The van der Waals surface area contributed by atoms with E-state index >= 15 is 0 Å². The largest absolute Gasteiger partial charge is 0.507 e. The minimum atomic E-state index is -0.344. The molecule has 2 aromatic rings. The molecule has 3 rings (SSSR count). The van der Waals surface area contributed by atoms with Crippen molar-refractivity contribution in [2.45, 2.75) is 25.4 Å². The summed E-state index contributed by atoms with van der Waals surface area (Å²) in [7, 11) is 0. The molecule has 1 aromatic carbocycles. The molecule has 0 saturated carbocycles. The van der Waals surface area contributed by atoms with E-state index in [1.54, 1.807) is 36.5 Å². The molecule has 1 aromatic heterocycles. The molecule has 0 spiro atoms. The van der Waals surface area contributed by atoms with E-state index < -0.39 is 0 Å². The molecule has 0 bridgehead atoms. The van der Waals surface area contributed by atoms with Crippen molar-refractivity contribution in [2.75, 3.05) is 0 Å². The predicted molar refractivity (Wildman–Crippen MR) is 90.2 cm³/mol. The molecule has 6 nitrogen and oxygen atoms in total. The Hall–Kier alpha value is -2.22. The van der Waals surface area contributed by atoms with Crippen LogP contribution in [0, 0.1) is 0 Å². The summed E-state index contributed by atoms with van der Waals surface area (Å²) in [4.78, 5) is 13.4. The zero-order valence-corrected chi connectivity index (χ0v) is 13.4. The van der Waals surface area contributed by atoms with E-state index in [1.165, 1.54) is 4.88 Å². The van der Waals surface area contributed by atoms with Gasteiger partial charge in [-0.25, -0.2) is 16.3 Å². The number of benzene rings is 1. The molecule has 1 fully saturated rings. The molecule has 1 aliphatic heterocycles. The van der Waals surface area contributed by atoms with Crippen LogP contribution in [0.1, 0.15) is 29.8 Å². The molecule has 2 heterocycles. The molecule has 1 amide bonds. The number of carbonyl (C=O) groups is 1. The van der Waals surface area contributed by atoms with Crippen molar-refractivity contribution in [2.24, 2.45) is 5.10 Å². The first-order valence-electron chi connectivity index (χ1n) is 7.32. The van der Waals surface area contributed by atoms with Crippen LogP contribution in [0.2, 0.25) is 0 Å². The fraction of sp³-hybridized carbons (Fsp3) is 0.250. The second-order valence-corrected chi connectivity index (χ2v) is 6.31. The summed E-state index contributed by atoms with van der Waals surface area (Å²) in [6.07, 6.45) is 0.664. The monoisotopic (exact) mass is 330 g/mol. The van der Waals surface area contributed by atoms with Crippen molar-refractivity contribution < 1.29 is 9.90 Å². The number of rotatable bonds is 4. The highest BCUT2D eigenvalue weighted by molar-refractivity contribution is 7.10. The Morgan fingerprint density at radius 1 is 1.30 bits per heavy atom. The quantitative estimate of drug-likeness (QED) is 0.509. The van der Waals surface area contributed by atoms with Crippen molar-refractivity contribution in [3.05, 3.63) is 52.2 Å². The average molecular weight is 330 g/mol. The number of thiophene rings is 1. The first kappa shape index (κ1) is 15.7. The zero-order chi connectivity index (χ0) is 16.2. The SMILES string of the molecule is C/C(=N\NC(=O)C1CC(c2cccs2)NN1)c1ccccc1O. The van der Waals surface area contributed by atoms with Gasteiger partial charge in [0.2, 0.25) is 0 Å². The maximum Gasteiger partial charge on any atom is 0.258 e. The third kappa shape index (κ3) is 3.58. The number of carbonyl (C=O) groups excluding carboxylic acids is 1. The van der Waals surface area contributed by atoms with Crippen LogP contribution >= 0.6 is 11.3 Å². The van der Waals surface area contributed by atoms with Gasteiger partial charge in [0.25, 0.3) is 5.91 Å². The summed E-state index contributed by atoms with van der Waals surface area (Å²) in [6, 6.07) is 10.7. The van der Waals surface area contributed by atoms with Gasteiger partial charge in [0.1, 0.15) is 11.8 Å². The Bertz CT molecular complexity index is 715. The molecule has 1 saturated heterocycles. The number of hydrazone groups is 1. The highest BCUT2D eigenvalue weighted by Gasteiger charge is 2.30. The van der Waals surface area contributed by atoms with E-state index in [0.29, 0.717) is 17.7 Å². The van der Waals surface area contributed by atoms with Gasteiger partial charge in [0.05, 0.1) is 11.8 Å². The Morgan fingerprint density at radius 2 is 2.13 bits per heavy atom. The highest BCUT2D eigenvalue weighted by Crippen LogP contribution is 2.25. The Morgan fingerprint density at radius 3 is 2.87 bits per heavy atom. The second-order valence-electron chi connectivity index (χ2n) is 5.34. The van der Waals surface area contributed by atoms with Crippen molar-refractivity contribution in [3.8, 4) is 5.75 Å². The number of nitrogens with zero attached hydrogens (tertiary/aromatic N) is 1. The minimum Gasteiger partial charge on any atom is -0.507 e. The van der Waals surface area contributed by atoms with E-state index in [9.17, 15) is 9.90 Å². The van der Waals surface area contributed by atoms with Gasteiger partial charge in [-0.3, -0.25) is 4.79 Å². The van der Waals surface area contributed by atoms with Crippen molar-refractivity contribution in [1.29, 1.82) is 0 Å². The number of para-hydroxylation sites is 1. The molecule has 7 heteroatoms. The summed E-state index contributed by atoms with van der Waals surface area (Å²) < 4.78 is 0. The molecule has 120 valence electrons. The lowest BCUT2D eigenvalue weighted by Crippen LogP contribution is -2.41. The standard InChI is InChI=1S/C16H18N4O2S/c1-10(11-5-2-3-6-14(11)21)17-20-16(22)13-9-12(18-19-13)15-7-4-8-23-15/h2-8,12-13,18-19,21H,9H2,1H3,(H,20,22)/b17-10+. The first-order valence-corrected chi connectivity index (χ1v) is 8.20. The average Bonchev–Trinajstić information content (AvgIpc) is 3.23. The number of amides is 1. The van der Waals surface area contributed by atoms with E-state index in [-0.39, 0.29) is 23.7 Å². The fourth-order valence-electron chi connectivity index (χ4n) is 2.46. The summed E-state index contributed by atoms with van der Waals surface area (Å²) >= 11 is 1.66. The lowest BCUT2D eigenvalue weighted by molar-refractivity contribution is -0.122. The Kier molecular flexibility index (Phi) is 4.71. The smallest absolute Gasteiger partial charge is 0.258 e. The third-order valence-electron chi connectivity index (χ3n) is 3.73. The number of hydrogen-bond acceptors (Lipinski definition) is 6. The minimum absolute atomic E-state index is 0.133. The van der Waals surface area contributed by atoms with E-state index in [4.69, 9.17) is 0 Å². The van der Waals surface area contributed by atoms with Gasteiger partial charge in [0, 0.05) is 10.4 Å². The van der Waals surface area contributed by atoms with Crippen molar-refractivity contribution >= 4 is 23.0 Å². The maximum absolute atomic E-state index is 12.2. The molecule has 2 unspecified atom stereocenters. The zero-order valence-electron chi connectivity index (χ0n) is 12.6. The van der Waals surface area contributed by atoms with E-state index in [0.717, 1.165) is 0 Å². The second kappa shape index (κ2) is 6.91. The molecular weight excluding hydrogens is 312 g/mol. The molecule has 4 N–H and O–H groups in total. The Balaban J connectivity index is 1.60. The summed E-state index contributed by atoms with van der Waals surface area (Å²) in [5.74, 6) is -0.0623.